The van der Waals surface area contributed by atoms with Gasteiger partial charge in [-0.1, -0.05) is 17.7 Å². The summed E-state index contributed by atoms with van der Waals surface area (Å²) in [7, 11) is 0. The van der Waals surface area contributed by atoms with Gasteiger partial charge in [-0.15, -0.1) is 23.4 Å². The van der Waals surface area contributed by atoms with Crippen molar-refractivity contribution in [3.05, 3.63) is 29.8 Å². The maximum Gasteiger partial charge on any atom is 0.0223 e. The van der Waals surface area contributed by atoms with Gasteiger partial charge in [-0.2, -0.15) is 0 Å². The Labute approximate surface area is 89.7 Å². The molecule has 0 heterocycles. The molecule has 0 aromatic heterocycles. The molecule has 1 rings (SSSR count). The molecule has 1 aromatic carbocycles. The largest absolute Gasteiger partial charge is 0.127 e. The Morgan fingerprint density at radius 3 is 2.85 bits per heavy atom. The second kappa shape index (κ2) is 6.33. The summed E-state index contributed by atoms with van der Waals surface area (Å²) in [6.45, 7) is 2.13. The maximum absolute atomic E-state index is 5.60. The van der Waals surface area contributed by atoms with Crippen molar-refractivity contribution < 1.29 is 0 Å². The van der Waals surface area contributed by atoms with Crippen molar-refractivity contribution in [1.29, 1.82) is 0 Å². The van der Waals surface area contributed by atoms with Crippen molar-refractivity contribution in [3.8, 4) is 0 Å². The van der Waals surface area contributed by atoms with Gasteiger partial charge in [-0.05, 0) is 37.7 Å². The molecule has 0 aliphatic rings. The molecule has 0 bridgehead atoms. The van der Waals surface area contributed by atoms with Crippen LogP contribution < -0.4 is 0 Å². The summed E-state index contributed by atoms with van der Waals surface area (Å²) in [6, 6.07) is 8.63. The lowest BCUT2D eigenvalue weighted by atomic mass is 10.2. The molecule has 0 atom stereocenters. The van der Waals surface area contributed by atoms with Crippen molar-refractivity contribution in [3.63, 3.8) is 0 Å². The molecule has 0 unspecified atom stereocenters. The van der Waals surface area contributed by atoms with Gasteiger partial charge in [0, 0.05) is 10.8 Å². The molecule has 2 heteroatoms. The van der Waals surface area contributed by atoms with Gasteiger partial charge in [0.2, 0.25) is 0 Å². The predicted molar refractivity (Wildman–Crippen MR) is 61.9 cm³/mol. The van der Waals surface area contributed by atoms with E-state index < -0.39 is 0 Å². The maximum atomic E-state index is 5.60. The van der Waals surface area contributed by atoms with E-state index in [1.165, 1.54) is 22.6 Å². The lowest BCUT2D eigenvalue weighted by Gasteiger charge is -2.01. The molecular formula is C11H15ClS. The average Bonchev–Trinajstić information content (AvgIpc) is 2.13. The second-order valence-electron chi connectivity index (χ2n) is 3.06. The van der Waals surface area contributed by atoms with Gasteiger partial charge in [-0.3, -0.25) is 0 Å². The number of rotatable bonds is 5. The van der Waals surface area contributed by atoms with E-state index in [2.05, 4.69) is 31.2 Å². The Kier molecular flexibility index (Phi) is 5.33. The molecule has 0 saturated heterocycles. The van der Waals surface area contributed by atoms with E-state index >= 15 is 0 Å². The number of benzene rings is 1. The molecule has 13 heavy (non-hydrogen) atoms. The third-order valence-electron chi connectivity index (χ3n) is 1.79. The fourth-order valence-electron chi connectivity index (χ4n) is 1.09. The van der Waals surface area contributed by atoms with E-state index in [1.807, 2.05) is 11.8 Å². The minimum Gasteiger partial charge on any atom is -0.127 e. The zero-order valence-electron chi connectivity index (χ0n) is 7.92. The summed E-state index contributed by atoms with van der Waals surface area (Å²) < 4.78 is 0. The average molecular weight is 215 g/mol. The molecule has 1 aromatic rings. The summed E-state index contributed by atoms with van der Waals surface area (Å²) >= 11 is 7.52. The van der Waals surface area contributed by atoms with E-state index in [9.17, 15) is 0 Å². The van der Waals surface area contributed by atoms with Crippen LogP contribution in [0.1, 0.15) is 18.4 Å². The van der Waals surface area contributed by atoms with Crippen LogP contribution in [-0.2, 0) is 0 Å². The van der Waals surface area contributed by atoms with E-state index in [0.717, 1.165) is 12.3 Å². The predicted octanol–water partition coefficient (Wildman–Crippen LogP) is 4.11. The van der Waals surface area contributed by atoms with Crippen molar-refractivity contribution in [2.75, 3.05) is 11.6 Å². The molecule has 0 nitrogen and oxygen atoms in total. The van der Waals surface area contributed by atoms with Gasteiger partial charge < -0.3 is 0 Å². The Hall–Kier alpha value is -0.140. The number of alkyl halides is 1. The van der Waals surface area contributed by atoms with Crippen LogP contribution in [0.2, 0.25) is 0 Å². The van der Waals surface area contributed by atoms with Gasteiger partial charge in [0.15, 0.2) is 0 Å². The quantitative estimate of drug-likeness (QED) is 0.404. The number of unbranched alkanes of at least 4 members (excludes halogenated alkanes) is 1. The van der Waals surface area contributed by atoms with Crippen LogP contribution in [0.3, 0.4) is 0 Å². The Morgan fingerprint density at radius 1 is 1.31 bits per heavy atom. The highest BCUT2D eigenvalue weighted by atomic mass is 35.5. The normalized spacial score (nSPS) is 10.3. The summed E-state index contributed by atoms with van der Waals surface area (Å²) in [6.07, 6.45) is 2.34. The first-order valence-electron chi connectivity index (χ1n) is 4.58. The first-order valence-corrected chi connectivity index (χ1v) is 6.10. The number of thioether (sulfide) groups is 1. The van der Waals surface area contributed by atoms with Crippen LogP contribution in [0.4, 0.5) is 0 Å². The summed E-state index contributed by atoms with van der Waals surface area (Å²) in [5, 5.41) is 0. The first-order chi connectivity index (χ1) is 6.33. The number of hydrogen-bond acceptors (Lipinski definition) is 1. The lowest BCUT2D eigenvalue weighted by molar-refractivity contribution is 0.903. The number of aryl methyl sites for hydroxylation is 1. The van der Waals surface area contributed by atoms with Gasteiger partial charge in [0.25, 0.3) is 0 Å². The van der Waals surface area contributed by atoms with Crippen molar-refractivity contribution in [2.24, 2.45) is 0 Å². The highest BCUT2D eigenvalue weighted by Gasteiger charge is 1.93. The Morgan fingerprint density at radius 2 is 2.15 bits per heavy atom. The molecule has 72 valence electrons. The molecule has 0 amide bonds. The fraction of sp³-hybridized carbons (Fsp3) is 0.455. The molecule has 0 fully saturated rings. The van der Waals surface area contributed by atoms with Gasteiger partial charge in [0.1, 0.15) is 0 Å². The van der Waals surface area contributed by atoms with Crippen LogP contribution in [0.25, 0.3) is 0 Å². The van der Waals surface area contributed by atoms with E-state index in [4.69, 9.17) is 11.6 Å². The Balaban J connectivity index is 2.28. The minimum atomic E-state index is 0.786. The lowest BCUT2D eigenvalue weighted by Crippen LogP contribution is -1.82. The molecular weight excluding hydrogens is 200 g/mol. The van der Waals surface area contributed by atoms with Crippen LogP contribution in [0, 0.1) is 6.92 Å². The van der Waals surface area contributed by atoms with E-state index in [1.54, 1.807) is 0 Å². The smallest absolute Gasteiger partial charge is 0.0223 e. The van der Waals surface area contributed by atoms with Crippen LogP contribution in [0.5, 0.6) is 0 Å². The van der Waals surface area contributed by atoms with Crippen molar-refractivity contribution in [1.82, 2.24) is 0 Å². The molecule has 0 aliphatic carbocycles. The summed E-state index contributed by atoms with van der Waals surface area (Å²) in [5.41, 5.74) is 1.34. The minimum absolute atomic E-state index is 0.786. The zero-order chi connectivity index (χ0) is 9.52. The number of hydrogen-bond donors (Lipinski definition) is 0. The third kappa shape index (κ3) is 4.58. The third-order valence-corrected chi connectivity index (χ3v) is 3.13. The molecule has 0 N–H and O–H groups in total. The monoisotopic (exact) mass is 214 g/mol. The van der Waals surface area contributed by atoms with E-state index in [0.29, 0.717) is 0 Å². The van der Waals surface area contributed by atoms with Crippen LogP contribution >= 0.6 is 23.4 Å². The molecule has 0 spiro atoms. The SMILES string of the molecule is Cc1cccc(SCCCCCl)c1. The molecule has 0 radical (unpaired) electrons. The second-order valence-corrected chi connectivity index (χ2v) is 4.61. The van der Waals surface area contributed by atoms with E-state index in [-0.39, 0.29) is 0 Å². The van der Waals surface area contributed by atoms with Crippen LogP contribution in [0.15, 0.2) is 29.2 Å². The van der Waals surface area contributed by atoms with Gasteiger partial charge >= 0.3 is 0 Å². The fourth-order valence-corrected chi connectivity index (χ4v) is 2.31. The summed E-state index contributed by atoms with van der Waals surface area (Å²) in [4.78, 5) is 1.37. The first kappa shape index (κ1) is 10.9. The standard InChI is InChI=1S/C11H15ClS/c1-10-5-4-6-11(9-10)13-8-3-2-7-12/h4-6,9H,2-3,7-8H2,1H3. The van der Waals surface area contributed by atoms with Gasteiger partial charge in [0.05, 0.1) is 0 Å². The zero-order valence-corrected chi connectivity index (χ0v) is 9.50. The van der Waals surface area contributed by atoms with Crippen LogP contribution in [-0.4, -0.2) is 11.6 Å². The van der Waals surface area contributed by atoms with Crippen molar-refractivity contribution in [2.45, 2.75) is 24.7 Å². The highest BCUT2D eigenvalue weighted by molar-refractivity contribution is 7.99. The summed E-state index contributed by atoms with van der Waals surface area (Å²) in [5.74, 6) is 1.96. The number of halogens is 1. The molecule has 0 aliphatic heterocycles. The molecule has 0 saturated carbocycles. The Bertz CT molecular complexity index is 248. The topological polar surface area (TPSA) is 0 Å². The van der Waals surface area contributed by atoms with Crippen molar-refractivity contribution >= 4 is 23.4 Å². The highest BCUT2D eigenvalue weighted by Crippen LogP contribution is 2.20. The van der Waals surface area contributed by atoms with Gasteiger partial charge in [-0.25, -0.2) is 0 Å².